The van der Waals surface area contributed by atoms with Crippen LogP contribution < -0.4 is 10.6 Å². The van der Waals surface area contributed by atoms with Crippen molar-refractivity contribution in [3.63, 3.8) is 0 Å². The third-order valence-electron chi connectivity index (χ3n) is 3.79. The predicted octanol–water partition coefficient (Wildman–Crippen LogP) is 2.04. The van der Waals surface area contributed by atoms with Crippen LogP contribution in [0.2, 0.25) is 0 Å². The van der Waals surface area contributed by atoms with Crippen LogP contribution in [0.1, 0.15) is 45.6 Å². The summed E-state index contributed by atoms with van der Waals surface area (Å²) in [6.45, 7) is 6.57. The van der Waals surface area contributed by atoms with E-state index in [4.69, 9.17) is 0 Å². The number of aliphatic hydroxyl groups is 1. The molecular formula is C19H30N2O3. The van der Waals surface area contributed by atoms with Gasteiger partial charge in [0.05, 0.1) is 6.04 Å². The maximum atomic E-state index is 12.1. The first kappa shape index (κ1) is 20.2. The summed E-state index contributed by atoms with van der Waals surface area (Å²) in [6, 6.07) is 8.91. The molecule has 0 aliphatic heterocycles. The number of carbonyl (C=O) groups is 2. The van der Waals surface area contributed by atoms with Gasteiger partial charge in [0, 0.05) is 13.0 Å². The van der Waals surface area contributed by atoms with Gasteiger partial charge in [-0.25, -0.2) is 0 Å². The summed E-state index contributed by atoms with van der Waals surface area (Å²) in [4.78, 5) is 24.2. The van der Waals surface area contributed by atoms with Gasteiger partial charge in [0.15, 0.2) is 6.10 Å². The second kappa shape index (κ2) is 10.8. The SMILES string of the molecule is CCCNC(=O)C(O)[C@H](Cc1ccccc1)NC(=O)CCC(C)C. The van der Waals surface area contributed by atoms with Gasteiger partial charge in [-0.3, -0.25) is 9.59 Å². The normalized spacial score (nSPS) is 13.4. The van der Waals surface area contributed by atoms with Crippen LogP contribution >= 0.6 is 0 Å². The molecule has 1 unspecified atom stereocenters. The zero-order valence-corrected chi connectivity index (χ0v) is 14.9. The highest BCUT2D eigenvalue weighted by atomic mass is 16.3. The molecule has 0 saturated carbocycles. The summed E-state index contributed by atoms with van der Waals surface area (Å²) in [5.74, 6) is -0.144. The van der Waals surface area contributed by atoms with Gasteiger partial charge in [-0.05, 0) is 30.7 Å². The number of hydrogen-bond donors (Lipinski definition) is 3. The van der Waals surface area contributed by atoms with Gasteiger partial charge in [-0.15, -0.1) is 0 Å². The standard InChI is InChI=1S/C19H30N2O3/c1-4-12-20-19(24)18(23)16(13-15-8-6-5-7-9-15)21-17(22)11-10-14(2)3/h5-9,14,16,18,23H,4,10-13H2,1-3H3,(H,20,24)(H,21,22)/t16-,18?/m0/s1. The molecule has 0 spiro atoms. The van der Waals surface area contributed by atoms with E-state index in [0.717, 1.165) is 18.4 Å². The molecule has 0 heterocycles. The Kier molecular flexibility index (Phi) is 9.08. The van der Waals surface area contributed by atoms with E-state index in [1.165, 1.54) is 0 Å². The fourth-order valence-electron chi connectivity index (χ4n) is 2.34. The minimum atomic E-state index is -1.26. The minimum absolute atomic E-state index is 0.132. The monoisotopic (exact) mass is 334 g/mol. The van der Waals surface area contributed by atoms with E-state index >= 15 is 0 Å². The van der Waals surface area contributed by atoms with Crippen LogP contribution in [0, 0.1) is 5.92 Å². The number of benzene rings is 1. The Bertz CT molecular complexity index is 503. The summed E-state index contributed by atoms with van der Waals surface area (Å²) in [5, 5.41) is 15.9. The first-order valence-electron chi connectivity index (χ1n) is 8.73. The van der Waals surface area contributed by atoms with Crippen LogP contribution in [-0.4, -0.2) is 35.6 Å². The zero-order chi connectivity index (χ0) is 17.9. The molecule has 0 aliphatic rings. The highest BCUT2D eigenvalue weighted by molar-refractivity contribution is 5.83. The first-order valence-corrected chi connectivity index (χ1v) is 8.73. The second-order valence-electron chi connectivity index (χ2n) is 6.53. The molecule has 0 aromatic heterocycles. The van der Waals surface area contributed by atoms with Crippen LogP contribution in [-0.2, 0) is 16.0 Å². The van der Waals surface area contributed by atoms with Crippen molar-refractivity contribution >= 4 is 11.8 Å². The van der Waals surface area contributed by atoms with E-state index in [1.54, 1.807) is 0 Å². The molecule has 134 valence electrons. The Morgan fingerprint density at radius 1 is 1.17 bits per heavy atom. The van der Waals surface area contributed by atoms with Crippen molar-refractivity contribution in [1.82, 2.24) is 10.6 Å². The molecule has 5 heteroatoms. The highest BCUT2D eigenvalue weighted by Crippen LogP contribution is 2.09. The molecule has 3 N–H and O–H groups in total. The van der Waals surface area contributed by atoms with Crippen molar-refractivity contribution in [2.45, 2.75) is 58.6 Å². The average Bonchev–Trinajstić information content (AvgIpc) is 2.57. The molecule has 0 radical (unpaired) electrons. The summed E-state index contributed by atoms with van der Waals surface area (Å²) in [7, 11) is 0. The summed E-state index contributed by atoms with van der Waals surface area (Å²) in [5.41, 5.74) is 0.967. The Hall–Kier alpha value is -1.88. The molecule has 0 fully saturated rings. The summed E-state index contributed by atoms with van der Waals surface area (Å²) in [6.07, 6.45) is 1.12. The van der Waals surface area contributed by atoms with E-state index < -0.39 is 18.1 Å². The summed E-state index contributed by atoms with van der Waals surface area (Å²) >= 11 is 0. The Labute approximate surface area is 144 Å². The third kappa shape index (κ3) is 7.59. The number of carbonyl (C=O) groups excluding carboxylic acids is 2. The molecular weight excluding hydrogens is 304 g/mol. The van der Waals surface area contributed by atoms with E-state index in [0.29, 0.717) is 25.3 Å². The lowest BCUT2D eigenvalue weighted by atomic mass is 10.00. The fraction of sp³-hybridized carbons (Fsp3) is 0.579. The first-order chi connectivity index (χ1) is 11.4. The lowest BCUT2D eigenvalue weighted by molar-refractivity contribution is -0.132. The maximum absolute atomic E-state index is 12.1. The van der Waals surface area contributed by atoms with Crippen LogP contribution in [0.4, 0.5) is 0 Å². The van der Waals surface area contributed by atoms with Crippen LogP contribution in [0.15, 0.2) is 30.3 Å². The van der Waals surface area contributed by atoms with E-state index in [-0.39, 0.29) is 5.91 Å². The minimum Gasteiger partial charge on any atom is -0.381 e. The molecule has 0 bridgehead atoms. The summed E-state index contributed by atoms with van der Waals surface area (Å²) < 4.78 is 0. The highest BCUT2D eigenvalue weighted by Gasteiger charge is 2.27. The van der Waals surface area contributed by atoms with Crippen molar-refractivity contribution in [2.24, 2.45) is 5.92 Å². The van der Waals surface area contributed by atoms with Crippen LogP contribution in [0.25, 0.3) is 0 Å². The smallest absolute Gasteiger partial charge is 0.251 e. The van der Waals surface area contributed by atoms with E-state index in [2.05, 4.69) is 24.5 Å². The molecule has 0 saturated heterocycles. The number of amides is 2. The van der Waals surface area contributed by atoms with Crippen molar-refractivity contribution in [1.29, 1.82) is 0 Å². The maximum Gasteiger partial charge on any atom is 0.251 e. The van der Waals surface area contributed by atoms with Gasteiger partial charge < -0.3 is 15.7 Å². The van der Waals surface area contributed by atoms with Gasteiger partial charge in [0.25, 0.3) is 5.91 Å². The molecule has 5 nitrogen and oxygen atoms in total. The van der Waals surface area contributed by atoms with Gasteiger partial charge in [-0.1, -0.05) is 51.1 Å². The molecule has 2 amide bonds. The second-order valence-corrected chi connectivity index (χ2v) is 6.53. The van der Waals surface area contributed by atoms with Crippen LogP contribution in [0.3, 0.4) is 0 Å². The van der Waals surface area contributed by atoms with Crippen molar-refractivity contribution in [3.8, 4) is 0 Å². The number of nitrogens with one attached hydrogen (secondary N) is 2. The molecule has 24 heavy (non-hydrogen) atoms. The predicted molar refractivity (Wildman–Crippen MR) is 95.5 cm³/mol. The van der Waals surface area contributed by atoms with Crippen LogP contribution in [0.5, 0.6) is 0 Å². The van der Waals surface area contributed by atoms with Gasteiger partial charge in [0.2, 0.25) is 5.91 Å². The number of aliphatic hydroxyl groups excluding tert-OH is 1. The van der Waals surface area contributed by atoms with E-state index in [9.17, 15) is 14.7 Å². The van der Waals surface area contributed by atoms with Gasteiger partial charge in [0.1, 0.15) is 0 Å². The number of hydrogen-bond acceptors (Lipinski definition) is 3. The molecule has 1 aromatic rings. The van der Waals surface area contributed by atoms with Crippen molar-refractivity contribution in [3.05, 3.63) is 35.9 Å². The Balaban J connectivity index is 2.74. The largest absolute Gasteiger partial charge is 0.381 e. The molecule has 1 aromatic carbocycles. The molecule has 0 aliphatic carbocycles. The number of rotatable bonds is 10. The Morgan fingerprint density at radius 3 is 2.42 bits per heavy atom. The molecule has 2 atom stereocenters. The zero-order valence-electron chi connectivity index (χ0n) is 14.9. The average molecular weight is 334 g/mol. The Morgan fingerprint density at radius 2 is 1.83 bits per heavy atom. The lowest BCUT2D eigenvalue weighted by Gasteiger charge is -2.24. The van der Waals surface area contributed by atoms with E-state index in [1.807, 2.05) is 37.3 Å². The van der Waals surface area contributed by atoms with Crippen molar-refractivity contribution in [2.75, 3.05) is 6.54 Å². The topological polar surface area (TPSA) is 78.4 Å². The quantitative estimate of drug-likeness (QED) is 0.613. The third-order valence-corrected chi connectivity index (χ3v) is 3.79. The van der Waals surface area contributed by atoms with Gasteiger partial charge in [-0.2, -0.15) is 0 Å². The lowest BCUT2D eigenvalue weighted by Crippen LogP contribution is -2.51. The van der Waals surface area contributed by atoms with Crippen molar-refractivity contribution < 1.29 is 14.7 Å². The fourth-order valence-corrected chi connectivity index (χ4v) is 2.34. The molecule has 1 rings (SSSR count). The van der Waals surface area contributed by atoms with Gasteiger partial charge >= 0.3 is 0 Å².